The first-order valence-corrected chi connectivity index (χ1v) is 10.9. The lowest BCUT2D eigenvalue weighted by atomic mass is 9.55. The van der Waals surface area contributed by atoms with Crippen LogP contribution in [-0.4, -0.2) is 26.8 Å². The summed E-state index contributed by atoms with van der Waals surface area (Å²) in [5, 5.41) is 23.4. The number of benzene rings is 1. The molecule has 0 bridgehead atoms. The molecular formula is C24H30N4O. The first kappa shape index (κ1) is 18.6. The molecule has 0 aliphatic heterocycles. The summed E-state index contributed by atoms with van der Waals surface area (Å²) in [7, 11) is 1.93. The second kappa shape index (κ2) is 6.82. The maximum absolute atomic E-state index is 9.86. The van der Waals surface area contributed by atoms with Crippen LogP contribution in [0.2, 0.25) is 0 Å². The molecule has 29 heavy (non-hydrogen) atoms. The van der Waals surface area contributed by atoms with Gasteiger partial charge in [-0.05, 0) is 86.5 Å². The first-order chi connectivity index (χ1) is 14.0. The Labute approximate surface area is 172 Å². The molecule has 0 amide bonds. The van der Waals surface area contributed by atoms with Gasteiger partial charge in [-0.3, -0.25) is 4.68 Å². The van der Waals surface area contributed by atoms with Gasteiger partial charge in [0.15, 0.2) is 0 Å². The van der Waals surface area contributed by atoms with E-state index in [1.54, 1.807) is 0 Å². The highest BCUT2D eigenvalue weighted by Crippen LogP contribution is 2.60. The number of phenols is 1. The van der Waals surface area contributed by atoms with Gasteiger partial charge in [0.1, 0.15) is 5.75 Å². The Balaban J connectivity index is 1.39. The van der Waals surface area contributed by atoms with Gasteiger partial charge in [0.25, 0.3) is 0 Å². The fourth-order valence-corrected chi connectivity index (χ4v) is 6.43. The lowest BCUT2D eigenvalue weighted by molar-refractivity contribution is 0.0955. The van der Waals surface area contributed by atoms with Crippen LogP contribution in [0.1, 0.15) is 67.3 Å². The van der Waals surface area contributed by atoms with Crippen LogP contribution in [0.5, 0.6) is 5.75 Å². The molecule has 0 radical (unpaired) electrons. The van der Waals surface area contributed by atoms with Crippen LogP contribution in [0.4, 0.5) is 0 Å². The summed E-state index contributed by atoms with van der Waals surface area (Å²) in [6.07, 6.45) is 10.8. The van der Waals surface area contributed by atoms with E-state index in [4.69, 9.17) is 5.10 Å². The maximum atomic E-state index is 9.86. The molecule has 3 unspecified atom stereocenters. The minimum Gasteiger partial charge on any atom is -0.508 e. The monoisotopic (exact) mass is 390 g/mol. The highest BCUT2D eigenvalue weighted by atomic mass is 16.3. The molecule has 152 valence electrons. The SMILES string of the molecule is Cc1nn(C)cc1C=NN=C1CCC2C3CCc4cc(O)ccc4C3CC[C@]12C. The summed E-state index contributed by atoms with van der Waals surface area (Å²) >= 11 is 0. The Morgan fingerprint density at radius 1 is 1.24 bits per heavy atom. The number of aromatic nitrogens is 2. The van der Waals surface area contributed by atoms with Gasteiger partial charge in [-0.25, -0.2) is 0 Å². The Kier molecular flexibility index (Phi) is 4.37. The second-order valence-corrected chi connectivity index (χ2v) is 9.43. The van der Waals surface area contributed by atoms with Gasteiger partial charge >= 0.3 is 0 Å². The third-order valence-electron chi connectivity index (χ3n) is 7.88. The number of rotatable bonds is 2. The molecule has 2 fully saturated rings. The highest BCUT2D eigenvalue weighted by Gasteiger charge is 2.53. The average molecular weight is 391 g/mol. The van der Waals surface area contributed by atoms with Crippen molar-refractivity contribution in [3.8, 4) is 5.75 Å². The van der Waals surface area contributed by atoms with Crippen molar-refractivity contribution in [1.29, 1.82) is 0 Å². The van der Waals surface area contributed by atoms with Crippen LogP contribution >= 0.6 is 0 Å². The number of phenolic OH excluding ortho intramolecular Hbond substituents is 1. The van der Waals surface area contributed by atoms with Gasteiger partial charge < -0.3 is 5.11 Å². The number of fused-ring (bicyclic) bond motifs is 5. The number of hydrogen-bond donors (Lipinski definition) is 1. The Morgan fingerprint density at radius 3 is 2.90 bits per heavy atom. The van der Waals surface area contributed by atoms with E-state index in [2.05, 4.69) is 23.2 Å². The van der Waals surface area contributed by atoms with E-state index in [1.165, 1.54) is 42.5 Å². The molecule has 0 saturated heterocycles. The van der Waals surface area contributed by atoms with Crippen molar-refractivity contribution in [3.63, 3.8) is 0 Å². The normalized spacial score (nSPS) is 32.4. The molecule has 1 aromatic heterocycles. The fourth-order valence-electron chi connectivity index (χ4n) is 6.43. The zero-order chi connectivity index (χ0) is 20.2. The molecule has 1 aromatic carbocycles. The van der Waals surface area contributed by atoms with Crippen molar-refractivity contribution in [1.82, 2.24) is 9.78 Å². The minimum atomic E-state index is 0.177. The molecule has 1 N–H and O–H groups in total. The Bertz CT molecular complexity index is 1000. The van der Waals surface area contributed by atoms with E-state index in [-0.39, 0.29) is 5.41 Å². The van der Waals surface area contributed by atoms with Crippen molar-refractivity contribution in [2.45, 2.75) is 58.3 Å². The largest absolute Gasteiger partial charge is 0.508 e. The maximum Gasteiger partial charge on any atom is 0.115 e. The van der Waals surface area contributed by atoms with Crippen LogP contribution in [0.15, 0.2) is 34.6 Å². The predicted octanol–water partition coefficient (Wildman–Crippen LogP) is 4.77. The lowest BCUT2D eigenvalue weighted by Crippen LogP contribution is -2.42. The van der Waals surface area contributed by atoms with Crippen molar-refractivity contribution in [2.75, 3.05) is 0 Å². The summed E-state index contributed by atoms with van der Waals surface area (Å²) in [5.41, 5.74) is 6.33. The zero-order valence-corrected chi connectivity index (χ0v) is 17.6. The standard InChI is InChI=1S/C24H30N4O/c1-15-17(14-28(3)27-15)13-25-26-23-9-8-22-21-6-4-16-12-18(29)5-7-19(16)20(21)10-11-24(22,23)2/h5,7,12-14,20-22,29H,4,6,8-11H2,1-3H3/t20?,21?,22?,24-/m0/s1. The van der Waals surface area contributed by atoms with Crippen molar-refractivity contribution >= 4 is 11.9 Å². The molecule has 5 rings (SSSR count). The molecule has 3 aliphatic carbocycles. The highest BCUT2D eigenvalue weighted by molar-refractivity contribution is 5.93. The lowest BCUT2D eigenvalue weighted by Gasteiger charge is -2.49. The van der Waals surface area contributed by atoms with Gasteiger partial charge in [0.05, 0.1) is 11.9 Å². The van der Waals surface area contributed by atoms with Crippen LogP contribution in [0.3, 0.4) is 0 Å². The average Bonchev–Trinajstić information content (AvgIpc) is 3.19. The molecular weight excluding hydrogens is 360 g/mol. The molecule has 2 saturated carbocycles. The quantitative estimate of drug-likeness (QED) is 0.593. The van der Waals surface area contributed by atoms with Gasteiger partial charge in [-0.2, -0.15) is 15.3 Å². The molecule has 1 heterocycles. The minimum absolute atomic E-state index is 0.177. The van der Waals surface area contributed by atoms with Crippen LogP contribution < -0.4 is 0 Å². The second-order valence-electron chi connectivity index (χ2n) is 9.43. The molecule has 2 aromatic rings. The summed E-state index contributed by atoms with van der Waals surface area (Å²) in [5.74, 6) is 2.46. The van der Waals surface area contributed by atoms with Crippen molar-refractivity contribution < 1.29 is 5.11 Å². The Morgan fingerprint density at radius 2 is 2.10 bits per heavy atom. The summed E-state index contributed by atoms with van der Waals surface area (Å²) < 4.78 is 1.82. The van der Waals surface area contributed by atoms with Gasteiger partial charge in [-0.1, -0.05) is 13.0 Å². The van der Waals surface area contributed by atoms with E-state index in [9.17, 15) is 5.11 Å². The van der Waals surface area contributed by atoms with Gasteiger partial charge in [0, 0.05) is 29.9 Å². The predicted molar refractivity (Wildman–Crippen MR) is 116 cm³/mol. The van der Waals surface area contributed by atoms with E-state index >= 15 is 0 Å². The Hall–Kier alpha value is -2.43. The smallest absolute Gasteiger partial charge is 0.115 e. The summed E-state index contributed by atoms with van der Waals surface area (Å²) in [4.78, 5) is 0. The molecule has 3 aliphatic rings. The van der Waals surface area contributed by atoms with Crippen LogP contribution in [-0.2, 0) is 13.5 Å². The van der Waals surface area contributed by atoms with E-state index in [0.717, 1.165) is 30.0 Å². The summed E-state index contributed by atoms with van der Waals surface area (Å²) in [6.45, 7) is 4.43. The molecule has 5 nitrogen and oxygen atoms in total. The van der Waals surface area contributed by atoms with Crippen LogP contribution in [0.25, 0.3) is 0 Å². The van der Waals surface area contributed by atoms with Crippen LogP contribution in [0, 0.1) is 24.2 Å². The van der Waals surface area contributed by atoms with E-state index in [0.29, 0.717) is 17.6 Å². The first-order valence-electron chi connectivity index (χ1n) is 10.9. The van der Waals surface area contributed by atoms with Crippen molar-refractivity contribution in [2.24, 2.45) is 34.5 Å². The molecule has 4 atom stereocenters. The van der Waals surface area contributed by atoms with Gasteiger partial charge in [0.2, 0.25) is 0 Å². The molecule has 5 heteroatoms. The van der Waals surface area contributed by atoms with Gasteiger partial charge in [-0.15, -0.1) is 0 Å². The topological polar surface area (TPSA) is 62.8 Å². The number of nitrogens with zero attached hydrogens (tertiary/aromatic N) is 4. The third kappa shape index (κ3) is 3.02. The zero-order valence-electron chi connectivity index (χ0n) is 17.6. The van der Waals surface area contributed by atoms with E-state index < -0.39 is 0 Å². The molecule has 0 spiro atoms. The number of aryl methyl sites for hydroxylation is 3. The van der Waals surface area contributed by atoms with Crippen molar-refractivity contribution in [3.05, 3.63) is 46.8 Å². The fraction of sp³-hybridized carbons (Fsp3) is 0.542. The third-order valence-corrected chi connectivity index (χ3v) is 7.88. The number of aromatic hydroxyl groups is 1. The summed E-state index contributed by atoms with van der Waals surface area (Å²) in [6, 6.07) is 6.02. The van der Waals surface area contributed by atoms with E-state index in [1.807, 2.05) is 43.2 Å². The number of hydrogen-bond acceptors (Lipinski definition) is 4.